The normalized spacial score (nSPS) is 22.0. The van der Waals surface area contributed by atoms with E-state index in [-0.39, 0.29) is 23.7 Å². The van der Waals surface area contributed by atoms with Crippen molar-refractivity contribution in [1.82, 2.24) is 4.90 Å². The second kappa shape index (κ2) is 9.40. The molecule has 2 aliphatic heterocycles. The predicted molar refractivity (Wildman–Crippen MR) is 121 cm³/mol. The Morgan fingerprint density at radius 2 is 2.06 bits per heavy atom. The SMILES string of the molecule is CCCC(CC)C1=C2C(=O)c3c(NC(=O)CN4CCC(CN)CC4)cccc3C2N=N1. The molecule has 2 atom stereocenters. The number of nitrogens with zero attached hydrogens (tertiary/aromatic N) is 3. The number of nitrogens with two attached hydrogens (primary N) is 1. The van der Waals surface area contributed by atoms with Crippen LogP contribution in [0.5, 0.6) is 0 Å². The van der Waals surface area contributed by atoms with E-state index in [9.17, 15) is 9.59 Å². The first-order valence-electron chi connectivity index (χ1n) is 11.6. The maximum absolute atomic E-state index is 13.4. The Hall–Kier alpha value is -2.38. The summed E-state index contributed by atoms with van der Waals surface area (Å²) in [7, 11) is 0. The zero-order chi connectivity index (χ0) is 22.0. The molecule has 3 N–H and O–H groups in total. The molecule has 1 fully saturated rings. The van der Waals surface area contributed by atoms with E-state index in [1.54, 1.807) is 0 Å². The highest BCUT2D eigenvalue weighted by Crippen LogP contribution is 2.48. The lowest BCUT2D eigenvalue weighted by molar-refractivity contribution is -0.117. The molecule has 2 unspecified atom stereocenters. The van der Waals surface area contributed by atoms with E-state index in [1.165, 1.54) is 0 Å². The number of piperidine rings is 1. The molecule has 1 aromatic carbocycles. The van der Waals surface area contributed by atoms with Crippen molar-refractivity contribution in [3.05, 3.63) is 40.6 Å². The molecule has 4 rings (SSSR count). The second-order valence-corrected chi connectivity index (χ2v) is 8.91. The van der Waals surface area contributed by atoms with Crippen LogP contribution in [0.2, 0.25) is 0 Å². The summed E-state index contributed by atoms with van der Waals surface area (Å²) in [6, 6.07) is 5.31. The Morgan fingerprint density at radius 3 is 2.74 bits per heavy atom. The predicted octanol–water partition coefficient (Wildman–Crippen LogP) is 4.08. The van der Waals surface area contributed by atoms with Gasteiger partial charge in [0.15, 0.2) is 5.78 Å². The van der Waals surface area contributed by atoms with Crippen LogP contribution in [0.25, 0.3) is 0 Å². The number of likely N-dealkylation sites (tertiary alicyclic amines) is 1. The standard InChI is InChI=1S/C24H33N5O2/c1-3-6-16(4-2)22-21-23(28-27-22)17-7-5-8-18(20(17)24(21)31)26-19(30)14-29-11-9-15(13-25)10-12-29/h5,7-8,15-16,23H,3-4,6,9-14,25H2,1-2H3,(H,26,30). The smallest absolute Gasteiger partial charge is 0.238 e. The molecule has 3 aliphatic rings. The molecule has 0 radical (unpaired) electrons. The van der Waals surface area contributed by atoms with E-state index in [4.69, 9.17) is 5.73 Å². The minimum absolute atomic E-state index is 0.0331. The van der Waals surface area contributed by atoms with Gasteiger partial charge in [-0.2, -0.15) is 10.2 Å². The van der Waals surface area contributed by atoms with Gasteiger partial charge < -0.3 is 11.1 Å². The number of nitrogens with one attached hydrogen (secondary N) is 1. The summed E-state index contributed by atoms with van der Waals surface area (Å²) in [5.41, 5.74) is 9.34. The number of ketones is 1. The van der Waals surface area contributed by atoms with Crippen molar-refractivity contribution in [2.24, 2.45) is 27.8 Å². The number of allylic oxidation sites excluding steroid dienone is 1. The molecule has 2 heterocycles. The van der Waals surface area contributed by atoms with Crippen molar-refractivity contribution >= 4 is 17.4 Å². The zero-order valence-electron chi connectivity index (χ0n) is 18.6. The summed E-state index contributed by atoms with van der Waals surface area (Å²) < 4.78 is 0. The van der Waals surface area contributed by atoms with E-state index in [2.05, 4.69) is 34.3 Å². The van der Waals surface area contributed by atoms with Crippen LogP contribution in [0.4, 0.5) is 5.69 Å². The summed E-state index contributed by atoms with van der Waals surface area (Å²) in [6.45, 7) is 7.10. The fourth-order valence-corrected chi connectivity index (χ4v) is 5.08. The molecule has 7 heteroatoms. The van der Waals surface area contributed by atoms with Gasteiger partial charge in [-0.05, 0) is 62.9 Å². The number of hydrogen-bond acceptors (Lipinski definition) is 6. The lowest BCUT2D eigenvalue weighted by atomic mass is 9.92. The fraction of sp³-hybridized carbons (Fsp3) is 0.583. The first-order valence-corrected chi connectivity index (χ1v) is 11.6. The van der Waals surface area contributed by atoms with Crippen LogP contribution in [-0.4, -0.2) is 42.8 Å². The minimum atomic E-state index is -0.324. The molecule has 166 valence electrons. The van der Waals surface area contributed by atoms with E-state index in [0.29, 0.717) is 35.8 Å². The monoisotopic (exact) mass is 423 g/mol. The van der Waals surface area contributed by atoms with Crippen molar-refractivity contribution in [1.29, 1.82) is 0 Å². The average molecular weight is 424 g/mol. The van der Waals surface area contributed by atoms with Gasteiger partial charge in [0.1, 0.15) is 6.04 Å². The van der Waals surface area contributed by atoms with Crippen LogP contribution in [0.1, 0.15) is 67.9 Å². The third kappa shape index (κ3) is 4.21. The van der Waals surface area contributed by atoms with Crippen LogP contribution in [0.15, 0.2) is 39.7 Å². The summed E-state index contributed by atoms with van der Waals surface area (Å²) >= 11 is 0. The quantitative estimate of drug-likeness (QED) is 0.658. The molecule has 1 aliphatic carbocycles. The molecule has 0 saturated carbocycles. The number of fused-ring (bicyclic) bond motifs is 3. The van der Waals surface area contributed by atoms with Gasteiger partial charge in [-0.1, -0.05) is 32.4 Å². The minimum Gasteiger partial charge on any atom is -0.330 e. The number of rotatable bonds is 8. The third-order valence-electron chi connectivity index (χ3n) is 6.89. The Labute approximate surface area is 184 Å². The number of azo groups is 1. The highest BCUT2D eigenvalue weighted by atomic mass is 16.2. The lowest BCUT2D eigenvalue weighted by Crippen LogP contribution is -2.40. The van der Waals surface area contributed by atoms with Gasteiger partial charge in [-0.3, -0.25) is 14.5 Å². The van der Waals surface area contributed by atoms with Crippen LogP contribution < -0.4 is 11.1 Å². The van der Waals surface area contributed by atoms with Crippen LogP contribution in [0, 0.1) is 11.8 Å². The van der Waals surface area contributed by atoms with Gasteiger partial charge in [-0.15, -0.1) is 0 Å². The van der Waals surface area contributed by atoms with Crippen molar-refractivity contribution in [3.63, 3.8) is 0 Å². The molecule has 0 spiro atoms. The molecule has 1 amide bonds. The fourth-order valence-electron chi connectivity index (χ4n) is 5.08. The highest BCUT2D eigenvalue weighted by molar-refractivity contribution is 6.19. The van der Waals surface area contributed by atoms with Crippen molar-refractivity contribution < 1.29 is 9.59 Å². The Balaban J connectivity index is 1.51. The lowest BCUT2D eigenvalue weighted by Gasteiger charge is -2.30. The molecule has 31 heavy (non-hydrogen) atoms. The molecule has 7 nitrogen and oxygen atoms in total. The van der Waals surface area contributed by atoms with Gasteiger partial charge >= 0.3 is 0 Å². The number of anilines is 1. The van der Waals surface area contributed by atoms with Crippen molar-refractivity contribution in [2.75, 3.05) is 31.5 Å². The van der Waals surface area contributed by atoms with E-state index < -0.39 is 0 Å². The summed E-state index contributed by atoms with van der Waals surface area (Å²) in [4.78, 5) is 28.3. The van der Waals surface area contributed by atoms with Crippen LogP contribution in [0.3, 0.4) is 0 Å². The molecule has 1 saturated heterocycles. The number of hydrogen-bond donors (Lipinski definition) is 2. The topological polar surface area (TPSA) is 100 Å². The number of carbonyl (C=O) groups excluding carboxylic acids is 2. The molecular formula is C24H33N5O2. The summed E-state index contributed by atoms with van der Waals surface area (Å²) in [6.07, 6.45) is 5.04. The molecule has 0 aromatic heterocycles. The maximum atomic E-state index is 13.4. The number of Topliss-reactive ketones (excluding diaryl/α,β-unsaturated/α-hetero) is 1. The second-order valence-electron chi connectivity index (χ2n) is 8.91. The van der Waals surface area contributed by atoms with Crippen LogP contribution >= 0.6 is 0 Å². The maximum Gasteiger partial charge on any atom is 0.238 e. The third-order valence-corrected chi connectivity index (χ3v) is 6.89. The molecule has 1 aromatic rings. The highest BCUT2D eigenvalue weighted by Gasteiger charge is 2.43. The van der Waals surface area contributed by atoms with Crippen molar-refractivity contribution in [2.45, 2.75) is 52.0 Å². The molecular weight excluding hydrogens is 390 g/mol. The number of amides is 1. The zero-order valence-corrected chi connectivity index (χ0v) is 18.6. The largest absolute Gasteiger partial charge is 0.330 e. The number of carbonyl (C=O) groups is 2. The van der Waals surface area contributed by atoms with E-state index >= 15 is 0 Å². The van der Waals surface area contributed by atoms with E-state index in [1.807, 2.05) is 18.2 Å². The number of benzene rings is 1. The summed E-state index contributed by atoms with van der Waals surface area (Å²) in [5, 5.41) is 11.9. The average Bonchev–Trinajstić information content (AvgIpc) is 3.33. The Bertz CT molecular complexity index is 915. The van der Waals surface area contributed by atoms with E-state index in [0.717, 1.165) is 56.5 Å². The van der Waals surface area contributed by atoms with Gasteiger partial charge in [0.2, 0.25) is 5.91 Å². The Morgan fingerprint density at radius 1 is 1.29 bits per heavy atom. The first kappa shape index (κ1) is 21.8. The van der Waals surface area contributed by atoms with Gasteiger partial charge in [0.25, 0.3) is 0 Å². The van der Waals surface area contributed by atoms with Crippen LogP contribution in [-0.2, 0) is 4.79 Å². The Kier molecular flexibility index (Phi) is 6.62. The first-order chi connectivity index (χ1) is 15.1. The van der Waals surface area contributed by atoms with Gasteiger partial charge in [0, 0.05) is 5.92 Å². The summed E-state index contributed by atoms with van der Waals surface area (Å²) in [5.74, 6) is 0.693. The molecule has 0 bridgehead atoms. The van der Waals surface area contributed by atoms with Gasteiger partial charge in [-0.25, -0.2) is 0 Å². The van der Waals surface area contributed by atoms with Crippen molar-refractivity contribution in [3.8, 4) is 0 Å². The van der Waals surface area contributed by atoms with Gasteiger partial charge in [0.05, 0.1) is 29.1 Å².